The molecule has 0 aliphatic heterocycles. The Morgan fingerprint density at radius 3 is 2.59 bits per heavy atom. The zero-order chi connectivity index (χ0) is 20.2. The summed E-state index contributed by atoms with van der Waals surface area (Å²) >= 11 is 0. The largest absolute Gasteiger partial charge is 0.350 e. The monoisotopic (exact) mass is 387 g/mol. The number of hydrogen-bond donors (Lipinski definition) is 1. The van der Waals surface area contributed by atoms with E-state index in [1.165, 1.54) is 12.1 Å². The molecule has 7 heteroatoms. The van der Waals surface area contributed by atoms with Crippen LogP contribution in [0.3, 0.4) is 0 Å². The molecular formula is C22H18FN5O. The SMILES string of the molecule is Cc1ccc(C(=O)n2nc(-c3ccccn3)nc2NCc2ccccc2)c(F)c1. The first-order valence-electron chi connectivity index (χ1n) is 9.09. The minimum absolute atomic E-state index is 0.0733. The predicted octanol–water partition coefficient (Wildman–Crippen LogP) is 4.09. The first-order valence-corrected chi connectivity index (χ1v) is 9.09. The van der Waals surface area contributed by atoms with E-state index < -0.39 is 11.7 Å². The van der Waals surface area contributed by atoms with Gasteiger partial charge < -0.3 is 5.32 Å². The lowest BCUT2D eigenvalue weighted by atomic mass is 10.1. The van der Waals surface area contributed by atoms with Crippen LogP contribution in [0.4, 0.5) is 10.3 Å². The van der Waals surface area contributed by atoms with Crippen molar-refractivity contribution in [1.29, 1.82) is 0 Å². The lowest BCUT2D eigenvalue weighted by Gasteiger charge is -2.08. The number of nitrogens with zero attached hydrogens (tertiary/aromatic N) is 4. The van der Waals surface area contributed by atoms with E-state index in [-0.39, 0.29) is 17.3 Å². The van der Waals surface area contributed by atoms with Gasteiger partial charge in [0.05, 0.1) is 5.56 Å². The van der Waals surface area contributed by atoms with Gasteiger partial charge in [0.1, 0.15) is 11.5 Å². The summed E-state index contributed by atoms with van der Waals surface area (Å²) in [6.45, 7) is 2.20. The number of pyridine rings is 1. The molecule has 0 bridgehead atoms. The van der Waals surface area contributed by atoms with Gasteiger partial charge in [-0.1, -0.05) is 42.5 Å². The Morgan fingerprint density at radius 1 is 1.07 bits per heavy atom. The van der Waals surface area contributed by atoms with E-state index >= 15 is 0 Å². The zero-order valence-electron chi connectivity index (χ0n) is 15.7. The van der Waals surface area contributed by atoms with Crippen molar-refractivity contribution in [3.63, 3.8) is 0 Å². The smallest absolute Gasteiger partial charge is 0.284 e. The molecule has 2 aromatic heterocycles. The van der Waals surface area contributed by atoms with Crippen LogP contribution < -0.4 is 5.32 Å². The maximum Gasteiger partial charge on any atom is 0.284 e. The summed E-state index contributed by atoms with van der Waals surface area (Å²) in [5, 5.41) is 7.42. The number of hydrogen-bond acceptors (Lipinski definition) is 5. The van der Waals surface area contributed by atoms with Crippen LogP contribution >= 0.6 is 0 Å². The van der Waals surface area contributed by atoms with Gasteiger partial charge in [0.2, 0.25) is 11.8 Å². The number of anilines is 1. The highest BCUT2D eigenvalue weighted by atomic mass is 19.1. The number of aryl methyl sites for hydroxylation is 1. The number of rotatable bonds is 5. The van der Waals surface area contributed by atoms with Crippen LogP contribution in [0.25, 0.3) is 11.5 Å². The summed E-state index contributed by atoms with van der Waals surface area (Å²) in [6.07, 6.45) is 1.62. The van der Waals surface area contributed by atoms with Gasteiger partial charge in [-0.3, -0.25) is 9.78 Å². The number of benzene rings is 2. The molecule has 0 aliphatic carbocycles. The van der Waals surface area contributed by atoms with Crippen molar-refractivity contribution in [3.8, 4) is 11.5 Å². The fourth-order valence-electron chi connectivity index (χ4n) is 2.86. The molecule has 144 valence electrons. The van der Waals surface area contributed by atoms with Crippen LogP contribution in [0, 0.1) is 12.7 Å². The average molecular weight is 387 g/mol. The van der Waals surface area contributed by atoms with E-state index in [4.69, 9.17) is 0 Å². The molecule has 6 nitrogen and oxygen atoms in total. The van der Waals surface area contributed by atoms with Gasteiger partial charge in [-0.25, -0.2) is 4.39 Å². The van der Waals surface area contributed by atoms with Crippen molar-refractivity contribution in [2.75, 3.05) is 5.32 Å². The summed E-state index contributed by atoms with van der Waals surface area (Å²) < 4.78 is 15.5. The Labute approximate surface area is 167 Å². The molecule has 0 aliphatic rings. The minimum Gasteiger partial charge on any atom is -0.350 e. The van der Waals surface area contributed by atoms with E-state index in [2.05, 4.69) is 20.4 Å². The van der Waals surface area contributed by atoms with Crippen LogP contribution in [0.15, 0.2) is 72.9 Å². The van der Waals surface area contributed by atoms with Gasteiger partial charge in [0.25, 0.3) is 5.91 Å². The molecule has 1 N–H and O–H groups in total. The van der Waals surface area contributed by atoms with Gasteiger partial charge >= 0.3 is 0 Å². The molecule has 0 saturated heterocycles. The van der Waals surface area contributed by atoms with Crippen LogP contribution in [0.2, 0.25) is 0 Å². The summed E-state index contributed by atoms with van der Waals surface area (Å²) in [5.41, 5.74) is 2.19. The lowest BCUT2D eigenvalue weighted by molar-refractivity contribution is 0.0943. The molecule has 2 aromatic carbocycles. The van der Waals surface area contributed by atoms with Crippen molar-refractivity contribution in [3.05, 3.63) is 95.4 Å². The Morgan fingerprint density at radius 2 is 1.86 bits per heavy atom. The third-order valence-electron chi connectivity index (χ3n) is 4.34. The van der Waals surface area contributed by atoms with Gasteiger partial charge in [0.15, 0.2) is 0 Å². The van der Waals surface area contributed by atoms with Crippen molar-refractivity contribution >= 4 is 11.9 Å². The van der Waals surface area contributed by atoms with Crippen LogP contribution in [-0.2, 0) is 6.54 Å². The van der Waals surface area contributed by atoms with Gasteiger partial charge in [-0.2, -0.15) is 9.67 Å². The topological polar surface area (TPSA) is 72.7 Å². The molecule has 4 rings (SSSR count). The second kappa shape index (κ2) is 8.02. The molecule has 29 heavy (non-hydrogen) atoms. The normalized spacial score (nSPS) is 10.7. The molecule has 0 spiro atoms. The summed E-state index contributed by atoms with van der Waals surface area (Å²) in [5.74, 6) is -0.701. The molecular weight excluding hydrogens is 369 g/mol. The highest BCUT2D eigenvalue weighted by Gasteiger charge is 2.21. The highest BCUT2D eigenvalue weighted by molar-refractivity contribution is 5.97. The molecule has 0 saturated carbocycles. The molecule has 0 amide bonds. The number of carbonyl (C=O) groups is 1. The summed E-state index contributed by atoms with van der Waals surface area (Å²) in [7, 11) is 0. The number of nitrogens with one attached hydrogen (secondary N) is 1. The first kappa shape index (κ1) is 18.5. The Hall–Kier alpha value is -3.87. The van der Waals surface area contributed by atoms with Gasteiger partial charge in [-0.15, -0.1) is 5.10 Å². The van der Waals surface area contributed by atoms with Crippen molar-refractivity contribution in [2.24, 2.45) is 0 Å². The Kier molecular flexibility index (Phi) is 5.11. The third-order valence-corrected chi connectivity index (χ3v) is 4.34. The number of carbonyl (C=O) groups excluding carboxylic acids is 1. The third kappa shape index (κ3) is 4.03. The van der Waals surface area contributed by atoms with Gasteiger partial charge in [-0.05, 0) is 42.3 Å². The molecule has 0 unspecified atom stereocenters. The highest BCUT2D eigenvalue weighted by Crippen LogP contribution is 2.19. The van der Waals surface area contributed by atoms with Crippen LogP contribution in [-0.4, -0.2) is 25.7 Å². The quantitative estimate of drug-likeness (QED) is 0.558. The second-order valence-electron chi connectivity index (χ2n) is 6.51. The molecule has 2 heterocycles. The molecule has 4 aromatic rings. The lowest BCUT2D eigenvalue weighted by Crippen LogP contribution is -2.19. The summed E-state index contributed by atoms with van der Waals surface area (Å²) in [6, 6.07) is 19.5. The number of halogens is 1. The Balaban J connectivity index is 1.72. The van der Waals surface area contributed by atoms with Crippen molar-refractivity contribution < 1.29 is 9.18 Å². The maximum atomic E-state index is 14.4. The first-order chi connectivity index (χ1) is 14.1. The molecule has 0 fully saturated rings. The summed E-state index contributed by atoms with van der Waals surface area (Å²) in [4.78, 5) is 21.7. The zero-order valence-corrected chi connectivity index (χ0v) is 15.7. The van der Waals surface area contributed by atoms with E-state index in [0.29, 0.717) is 12.2 Å². The fourth-order valence-corrected chi connectivity index (χ4v) is 2.86. The average Bonchev–Trinajstić information content (AvgIpc) is 3.17. The van der Waals surface area contributed by atoms with Crippen molar-refractivity contribution in [2.45, 2.75) is 13.5 Å². The molecule has 0 radical (unpaired) electrons. The van der Waals surface area contributed by atoms with Gasteiger partial charge in [0, 0.05) is 12.7 Å². The number of aromatic nitrogens is 4. The predicted molar refractivity (Wildman–Crippen MR) is 108 cm³/mol. The fraction of sp³-hybridized carbons (Fsp3) is 0.0909. The second-order valence-corrected chi connectivity index (χ2v) is 6.51. The van der Waals surface area contributed by atoms with E-state index in [1.54, 1.807) is 31.3 Å². The van der Waals surface area contributed by atoms with E-state index in [1.807, 2.05) is 36.4 Å². The molecule has 0 atom stereocenters. The minimum atomic E-state index is -0.604. The Bertz CT molecular complexity index is 1140. The van der Waals surface area contributed by atoms with E-state index in [0.717, 1.165) is 15.8 Å². The van der Waals surface area contributed by atoms with Crippen molar-refractivity contribution in [1.82, 2.24) is 19.7 Å². The standard InChI is InChI=1S/C22H18FN5O/c1-15-10-11-17(18(23)13-15)21(29)28-22(25-14-16-7-3-2-4-8-16)26-20(27-28)19-9-5-6-12-24-19/h2-13H,14H2,1H3,(H,25,26,27). The van der Waals surface area contributed by atoms with Crippen LogP contribution in [0.1, 0.15) is 21.5 Å². The maximum absolute atomic E-state index is 14.4. The van der Waals surface area contributed by atoms with E-state index in [9.17, 15) is 9.18 Å². The van der Waals surface area contributed by atoms with Crippen LogP contribution in [0.5, 0.6) is 0 Å².